The molecule has 0 N–H and O–H groups in total. The van der Waals surface area contributed by atoms with Crippen LogP contribution < -0.4 is 0 Å². The quantitative estimate of drug-likeness (QED) is 0.557. The molecule has 3 aromatic rings. The van der Waals surface area contributed by atoms with Crippen LogP contribution in [0.1, 0.15) is 16.2 Å². The highest BCUT2D eigenvalue weighted by Gasteiger charge is 2.27. The lowest BCUT2D eigenvalue weighted by molar-refractivity contribution is 0.0600. The average Bonchev–Trinajstić information content (AvgIpc) is 3.32. The Bertz CT molecular complexity index is 1060. The van der Waals surface area contributed by atoms with Gasteiger partial charge in [-0.25, -0.2) is 13.2 Å². The summed E-state index contributed by atoms with van der Waals surface area (Å²) in [5.74, 6) is -0.149. The smallest absolute Gasteiger partial charge is 0.337 e. The lowest BCUT2D eigenvalue weighted by atomic mass is 10.2. The van der Waals surface area contributed by atoms with Gasteiger partial charge in [0, 0.05) is 7.05 Å². The van der Waals surface area contributed by atoms with Gasteiger partial charge in [0.25, 0.3) is 0 Å². The molecule has 2 aromatic heterocycles. The van der Waals surface area contributed by atoms with E-state index in [2.05, 4.69) is 14.9 Å². The summed E-state index contributed by atoms with van der Waals surface area (Å²) in [6, 6.07) is 7.57. The Labute approximate surface area is 164 Å². The predicted octanol–water partition coefficient (Wildman–Crippen LogP) is 3.06. The van der Waals surface area contributed by atoms with Crippen LogP contribution in [0.15, 0.2) is 45.1 Å². The van der Waals surface area contributed by atoms with Crippen molar-refractivity contribution in [3.05, 3.63) is 52.2 Å². The van der Waals surface area contributed by atoms with E-state index in [4.69, 9.17) is 16.1 Å². The number of thiophene rings is 1. The number of rotatable bonds is 6. The summed E-state index contributed by atoms with van der Waals surface area (Å²) in [6.45, 7) is -0.153. The normalized spacial score (nSPS) is 11.7. The van der Waals surface area contributed by atoms with Crippen molar-refractivity contribution >= 4 is 38.9 Å². The van der Waals surface area contributed by atoms with Crippen molar-refractivity contribution in [3.63, 3.8) is 0 Å². The number of ether oxygens (including phenoxy) is 1. The van der Waals surface area contributed by atoms with Crippen LogP contribution in [0.3, 0.4) is 0 Å². The molecule has 0 spiro atoms. The van der Waals surface area contributed by atoms with Gasteiger partial charge < -0.3 is 9.26 Å². The first-order chi connectivity index (χ1) is 12.8. The van der Waals surface area contributed by atoms with Crippen molar-refractivity contribution < 1.29 is 22.5 Å². The molecule has 1 aromatic carbocycles. The maximum absolute atomic E-state index is 12.9. The van der Waals surface area contributed by atoms with Gasteiger partial charge in [0.05, 0.1) is 29.1 Å². The average molecular weight is 428 g/mol. The highest BCUT2D eigenvalue weighted by molar-refractivity contribution is 7.89. The number of sulfonamides is 1. The van der Waals surface area contributed by atoms with Crippen LogP contribution >= 0.6 is 22.9 Å². The zero-order valence-corrected chi connectivity index (χ0v) is 16.6. The summed E-state index contributed by atoms with van der Waals surface area (Å²) in [5, 5.41) is 5.71. The fraction of sp³-hybridized carbons (Fsp3) is 0.188. The van der Waals surface area contributed by atoms with Crippen LogP contribution in [0.2, 0.25) is 5.02 Å². The first kappa shape index (κ1) is 19.5. The van der Waals surface area contributed by atoms with E-state index in [-0.39, 0.29) is 27.9 Å². The number of carbonyl (C=O) groups is 1. The van der Waals surface area contributed by atoms with Crippen LogP contribution in [-0.4, -0.2) is 43.0 Å². The second-order valence-electron chi connectivity index (χ2n) is 5.39. The van der Waals surface area contributed by atoms with E-state index in [0.29, 0.717) is 5.82 Å². The van der Waals surface area contributed by atoms with Crippen LogP contribution in [0.4, 0.5) is 0 Å². The van der Waals surface area contributed by atoms with Gasteiger partial charge in [-0.15, -0.1) is 11.3 Å². The molecular weight excluding hydrogens is 414 g/mol. The molecule has 2 heterocycles. The summed E-state index contributed by atoms with van der Waals surface area (Å²) >= 11 is 7.48. The van der Waals surface area contributed by atoms with Gasteiger partial charge in [-0.1, -0.05) is 22.8 Å². The molecule has 0 unspecified atom stereocenters. The lowest BCUT2D eigenvalue weighted by Crippen LogP contribution is -2.27. The standard InChI is InChI=1S/C16H14ClN3O5S2/c1-20(9-14-18-15(19-25-14)12-4-3-7-26-12)27(22,23)13-8-10(16(21)24-2)5-6-11(13)17/h3-8H,9H2,1-2H3. The molecule has 0 saturated carbocycles. The van der Waals surface area contributed by atoms with Crippen LogP contribution in [-0.2, 0) is 21.3 Å². The summed E-state index contributed by atoms with van der Waals surface area (Å²) in [5.41, 5.74) is 0.0756. The molecular formula is C16H14ClN3O5S2. The molecule has 0 fully saturated rings. The number of hydrogen-bond acceptors (Lipinski definition) is 8. The first-order valence-electron chi connectivity index (χ1n) is 7.53. The summed E-state index contributed by atoms with van der Waals surface area (Å²) in [4.78, 5) is 16.5. The van der Waals surface area contributed by atoms with E-state index in [9.17, 15) is 13.2 Å². The van der Waals surface area contributed by atoms with Gasteiger partial charge in [0.1, 0.15) is 4.90 Å². The SMILES string of the molecule is COC(=O)c1ccc(Cl)c(S(=O)(=O)N(C)Cc2nc(-c3cccs3)no2)c1. The van der Waals surface area contributed by atoms with Crippen LogP contribution in [0, 0.1) is 0 Å². The number of hydrogen-bond donors (Lipinski definition) is 0. The van der Waals surface area contributed by atoms with Crippen LogP contribution in [0.25, 0.3) is 10.7 Å². The Morgan fingerprint density at radius 2 is 2.15 bits per heavy atom. The molecule has 0 aliphatic heterocycles. The molecule has 0 radical (unpaired) electrons. The van der Waals surface area contributed by atoms with Crippen LogP contribution in [0.5, 0.6) is 0 Å². The molecule has 0 atom stereocenters. The maximum Gasteiger partial charge on any atom is 0.337 e. The number of nitrogens with zero attached hydrogens (tertiary/aromatic N) is 3. The van der Waals surface area contributed by atoms with E-state index in [1.165, 1.54) is 43.7 Å². The predicted molar refractivity (Wildman–Crippen MR) is 99.1 cm³/mol. The number of aromatic nitrogens is 2. The van der Waals surface area contributed by atoms with E-state index in [0.717, 1.165) is 9.18 Å². The molecule has 8 nitrogen and oxygen atoms in total. The zero-order valence-electron chi connectivity index (χ0n) is 14.2. The number of benzene rings is 1. The van der Waals surface area contributed by atoms with E-state index < -0.39 is 16.0 Å². The minimum atomic E-state index is -4.01. The van der Waals surface area contributed by atoms with Crippen molar-refractivity contribution in [2.45, 2.75) is 11.4 Å². The molecule has 0 aliphatic rings. The van der Waals surface area contributed by atoms with Crippen molar-refractivity contribution in [2.24, 2.45) is 0 Å². The highest BCUT2D eigenvalue weighted by Crippen LogP contribution is 2.27. The van der Waals surface area contributed by atoms with Crippen molar-refractivity contribution in [1.29, 1.82) is 0 Å². The van der Waals surface area contributed by atoms with Crippen molar-refractivity contribution in [3.8, 4) is 10.7 Å². The first-order valence-corrected chi connectivity index (χ1v) is 10.2. The maximum atomic E-state index is 12.9. The molecule has 142 valence electrons. The number of halogens is 1. The highest BCUT2D eigenvalue weighted by atomic mass is 35.5. The fourth-order valence-electron chi connectivity index (χ4n) is 2.21. The van der Waals surface area contributed by atoms with E-state index in [1.54, 1.807) is 0 Å². The summed E-state index contributed by atoms with van der Waals surface area (Å²) in [7, 11) is -1.45. The molecule has 0 bridgehead atoms. The molecule has 27 heavy (non-hydrogen) atoms. The van der Waals surface area contributed by atoms with Gasteiger partial charge >= 0.3 is 5.97 Å². The van der Waals surface area contributed by atoms with Crippen molar-refractivity contribution in [2.75, 3.05) is 14.2 Å². The van der Waals surface area contributed by atoms with Gasteiger partial charge in [-0.3, -0.25) is 0 Å². The minimum Gasteiger partial charge on any atom is -0.465 e. The Morgan fingerprint density at radius 1 is 1.37 bits per heavy atom. The molecule has 0 amide bonds. The summed E-state index contributed by atoms with van der Waals surface area (Å²) < 4.78 is 36.5. The largest absolute Gasteiger partial charge is 0.465 e. The van der Waals surface area contributed by atoms with E-state index >= 15 is 0 Å². The number of methoxy groups -OCH3 is 1. The third kappa shape index (κ3) is 4.03. The number of esters is 1. The fourth-order valence-corrected chi connectivity index (χ4v) is 4.48. The van der Waals surface area contributed by atoms with Gasteiger partial charge in [-0.05, 0) is 29.6 Å². The van der Waals surface area contributed by atoms with Gasteiger partial charge in [-0.2, -0.15) is 9.29 Å². The Kier molecular flexibility index (Phi) is 5.61. The molecule has 0 saturated heterocycles. The lowest BCUT2D eigenvalue weighted by Gasteiger charge is -2.16. The third-order valence-electron chi connectivity index (χ3n) is 3.61. The Balaban J connectivity index is 1.86. The minimum absolute atomic E-state index is 0.0145. The van der Waals surface area contributed by atoms with Gasteiger partial charge in [0.2, 0.25) is 21.7 Å². The summed E-state index contributed by atoms with van der Waals surface area (Å²) in [6.07, 6.45) is 0. The topological polar surface area (TPSA) is 103 Å². The Morgan fingerprint density at radius 3 is 2.81 bits per heavy atom. The third-order valence-corrected chi connectivity index (χ3v) is 6.76. The second-order valence-corrected chi connectivity index (χ2v) is 8.76. The van der Waals surface area contributed by atoms with E-state index in [1.807, 2.05) is 17.5 Å². The second kappa shape index (κ2) is 7.77. The molecule has 0 aliphatic carbocycles. The monoisotopic (exact) mass is 427 g/mol. The molecule has 11 heteroatoms. The van der Waals surface area contributed by atoms with Crippen molar-refractivity contribution in [1.82, 2.24) is 14.4 Å². The van der Waals surface area contributed by atoms with Gasteiger partial charge in [0.15, 0.2) is 0 Å². The molecule has 3 rings (SSSR count). The Hall–Kier alpha value is -2.27. The number of carbonyl (C=O) groups excluding carboxylic acids is 1. The zero-order chi connectivity index (χ0) is 19.6.